The van der Waals surface area contributed by atoms with Gasteiger partial charge in [0, 0.05) is 19.3 Å². The van der Waals surface area contributed by atoms with Crippen LogP contribution in [-0.4, -0.2) is 135 Å². The Morgan fingerprint density at radius 1 is 0.721 bits per heavy atom. The van der Waals surface area contributed by atoms with Gasteiger partial charge >= 0.3 is 0 Å². The molecule has 10 N–H and O–H groups in total. The van der Waals surface area contributed by atoms with E-state index in [2.05, 4.69) is 29.8 Å². The van der Waals surface area contributed by atoms with Crippen LogP contribution in [0.3, 0.4) is 0 Å². The number of unbranched alkanes of at least 4 members (excludes halogenated alkanes) is 6. The number of aliphatic hydroxyl groups is 7. The molecule has 0 radical (unpaired) electrons. The van der Waals surface area contributed by atoms with E-state index in [0.717, 1.165) is 57.6 Å². The molecule has 0 bridgehead atoms. The molecule has 250 valence electrons. The van der Waals surface area contributed by atoms with Crippen molar-refractivity contribution < 1.29 is 59.5 Å². The third-order valence-corrected chi connectivity index (χ3v) is 7.55. The number of carbonyl (C=O) groups is 2. The average Bonchev–Trinajstić information content (AvgIpc) is 2.99. The Morgan fingerprint density at radius 2 is 1.28 bits per heavy atom. The van der Waals surface area contributed by atoms with Gasteiger partial charge in [0.15, 0.2) is 12.6 Å². The van der Waals surface area contributed by atoms with E-state index in [1.807, 2.05) is 0 Å². The number of ether oxygens (including phenoxy) is 3. The van der Waals surface area contributed by atoms with Gasteiger partial charge in [0.2, 0.25) is 0 Å². The summed E-state index contributed by atoms with van der Waals surface area (Å²) in [4.78, 5) is 25.9. The molecular weight excluding hydrogens is 570 g/mol. The summed E-state index contributed by atoms with van der Waals surface area (Å²) in [6.45, 7) is 3.39. The summed E-state index contributed by atoms with van der Waals surface area (Å²) in [6.07, 6.45) is -5.91. The number of hydrogen-bond acceptors (Lipinski definition) is 13. The molecule has 43 heavy (non-hydrogen) atoms. The molecule has 0 aromatic heterocycles. The molecule has 0 aromatic rings. The lowest BCUT2D eigenvalue weighted by Gasteiger charge is -2.46. The molecule has 2 aliphatic rings. The van der Waals surface area contributed by atoms with Crippen LogP contribution in [0.2, 0.25) is 0 Å². The topological polar surface area (TPSA) is 240 Å². The second kappa shape index (κ2) is 19.5. The number of rotatable bonds is 18. The Bertz CT molecular complexity index is 835. The highest BCUT2D eigenvalue weighted by Crippen LogP contribution is 2.28. The maximum absolute atomic E-state index is 13.0. The molecule has 0 aliphatic carbocycles. The van der Waals surface area contributed by atoms with Crippen molar-refractivity contribution in [3.05, 3.63) is 11.8 Å². The van der Waals surface area contributed by atoms with Crippen molar-refractivity contribution in [1.29, 1.82) is 0 Å². The zero-order valence-corrected chi connectivity index (χ0v) is 25.0. The van der Waals surface area contributed by atoms with Crippen LogP contribution in [-0.2, 0) is 23.8 Å². The molecule has 2 fully saturated rings. The van der Waals surface area contributed by atoms with Crippen LogP contribution in [0, 0.1) is 0 Å². The molecule has 2 heterocycles. The third-order valence-electron chi connectivity index (χ3n) is 7.55. The van der Waals surface area contributed by atoms with Crippen LogP contribution in [0.15, 0.2) is 11.8 Å². The van der Waals surface area contributed by atoms with Gasteiger partial charge in [0.05, 0.1) is 13.2 Å². The Labute approximate surface area is 252 Å². The highest BCUT2D eigenvalue weighted by atomic mass is 16.7. The Morgan fingerprint density at radius 3 is 1.79 bits per heavy atom. The molecule has 15 heteroatoms. The van der Waals surface area contributed by atoms with Crippen LogP contribution < -0.4 is 16.0 Å². The fourth-order valence-electron chi connectivity index (χ4n) is 4.88. The monoisotopic (exact) mass is 621 g/mol. The van der Waals surface area contributed by atoms with Crippen molar-refractivity contribution in [2.75, 3.05) is 26.3 Å². The predicted octanol–water partition coefficient (Wildman–Crippen LogP) is -2.52. The van der Waals surface area contributed by atoms with Crippen LogP contribution in [0.4, 0.5) is 0 Å². The molecule has 0 spiro atoms. The Kier molecular flexibility index (Phi) is 16.9. The molecule has 15 nitrogen and oxygen atoms in total. The summed E-state index contributed by atoms with van der Waals surface area (Å²) in [5.74, 6) is -1.31. The van der Waals surface area contributed by atoms with Crippen molar-refractivity contribution in [2.45, 2.75) is 127 Å². The normalized spacial score (nSPS) is 32.6. The van der Waals surface area contributed by atoms with Gasteiger partial charge in [-0.1, -0.05) is 52.4 Å². The van der Waals surface area contributed by atoms with Crippen molar-refractivity contribution in [2.24, 2.45) is 0 Å². The van der Waals surface area contributed by atoms with Gasteiger partial charge in [-0.15, -0.1) is 0 Å². The standard InChI is InChI=1S/C28H51N3O12/c1-3-5-7-9-11-29-25(38)16(26(39)30-12-10-8-6-4-2)13-31-19-21(35)24(18(15-33)41-27(19)40)43-28-23(37)22(36)20(34)17(14-32)42-28/h13,17-24,27-28,31-37,40H,3-12,14-15H2,1-2H3,(H,29,38)(H,30,39)/t17-,18-,19-,20+,21+,22-,23-,24-,27+,28+/m1/s1. The number of amides is 2. The first kappa shape index (κ1) is 37.3. The molecule has 0 saturated carbocycles. The highest BCUT2D eigenvalue weighted by Gasteiger charge is 2.50. The molecule has 2 amide bonds. The van der Waals surface area contributed by atoms with Gasteiger partial charge in [-0.3, -0.25) is 9.59 Å². The third kappa shape index (κ3) is 10.9. The second-order valence-corrected chi connectivity index (χ2v) is 10.9. The smallest absolute Gasteiger partial charge is 0.258 e. The first-order chi connectivity index (χ1) is 20.6. The van der Waals surface area contributed by atoms with E-state index in [0.29, 0.717) is 13.1 Å². The van der Waals surface area contributed by atoms with Crippen molar-refractivity contribution in [3.63, 3.8) is 0 Å². The van der Waals surface area contributed by atoms with E-state index < -0.39 is 86.4 Å². The molecule has 2 aliphatic heterocycles. The van der Waals surface area contributed by atoms with E-state index in [9.17, 15) is 45.3 Å². The second-order valence-electron chi connectivity index (χ2n) is 10.9. The maximum atomic E-state index is 13.0. The van der Waals surface area contributed by atoms with E-state index in [1.54, 1.807) is 0 Å². The summed E-state index contributed by atoms with van der Waals surface area (Å²) in [7, 11) is 0. The summed E-state index contributed by atoms with van der Waals surface area (Å²) < 4.78 is 16.4. The minimum absolute atomic E-state index is 0.291. The summed E-state index contributed by atoms with van der Waals surface area (Å²) in [6, 6.07) is -1.39. The molecule has 0 aromatic carbocycles. The van der Waals surface area contributed by atoms with Crippen molar-refractivity contribution in [1.82, 2.24) is 16.0 Å². The fraction of sp³-hybridized carbons (Fsp3) is 0.857. The summed E-state index contributed by atoms with van der Waals surface area (Å²) >= 11 is 0. The first-order valence-corrected chi connectivity index (χ1v) is 15.2. The van der Waals surface area contributed by atoms with Gasteiger partial charge in [-0.25, -0.2) is 0 Å². The lowest BCUT2D eigenvalue weighted by Crippen LogP contribution is -2.66. The van der Waals surface area contributed by atoms with Gasteiger partial charge in [0.25, 0.3) is 11.8 Å². The average molecular weight is 622 g/mol. The highest BCUT2D eigenvalue weighted by molar-refractivity contribution is 6.18. The van der Waals surface area contributed by atoms with Crippen molar-refractivity contribution >= 4 is 11.8 Å². The number of carbonyl (C=O) groups excluding carboxylic acids is 2. The number of aliphatic hydroxyl groups excluding tert-OH is 7. The van der Waals surface area contributed by atoms with E-state index >= 15 is 0 Å². The van der Waals surface area contributed by atoms with Gasteiger partial charge < -0.3 is 65.9 Å². The van der Waals surface area contributed by atoms with Gasteiger partial charge in [-0.2, -0.15) is 0 Å². The Hall–Kier alpha value is -1.92. The van der Waals surface area contributed by atoms with Crippen LogP contribution in [0.25, 0.3) is 0 Å². The fourth-order valence-corrected chi connectivity index (χ4v) is 4.88. The SMILES string of the molecule is CCCCCCNC(=O)C(=CN[C@@H]1[C@H](O)[C@H](O[C@@H]2O[C@H](CO)[C@H](O)[C@@H](O)[C@H]2O)[C@@H](CO)O[C@@H]1O)C(=O)NCCCCCC. The quantitative estimate of drug-likeness (QED) is 0.0329. The lowest BCUT2D eigenvalue weighted by atomic mass is 9.95. The largest absolute Gasteiger partial charge is 0.394 e. The van der Waals surface area contributed by atoms with Crippen LogP contribution in [0.5, 0.6) is 0 Å². The number of nitrogens with one attached hydrogen (secondary N) is 3. The molecular formula is C28H51N3O12. The van der Waals surface area contributed by atoms with Gasteiger partial charge in [-0.05, 0) is 12.8 Å². The van der Waals surface area contributed by atoms with Crippen molar-refractivity contribution in [3.8, 4) is 0 Å². The maximum Gasteiger partial charge on any atom is 0.258 e. The minimum Gasteiger partial charge on any atom is -0.394 e. The minimum atomic E-state index is -1.80. The molecule has 10 atom stereocenters. The first-order valence-electron chi connectivity index (χ1n) is 15.2. The van der Waals surface area contributed by atoms with Crippen LogP contribution in [0.1, 0.15) is 65.2 Å². The zero-order chi connectivity index (χ0) is 31.9. The molecule has 0 unspecified atom stereocenters. The predicted molar refractivity (Wildman–Crippen MR) is 152 cm³/mol. The molecule has 2 rings (SSSR count). The van der Waals surface area contributed by atoms with E-state index in [1.165, 1.54) is 0 Å². The van der Waals surface area contributed by atoms with E-state index in [4.69, 9.17) is 14.2 Å². The zero-order valence-electron chi connectivity index (χ0n) is 25.0. The Balaban J connectivity index is 2.19. The molecule has 2 saturated heterocycles. The summed E-state index contributed by atoms with van der Waals surface area (Å²) in [5.41, 5.74) is -0.291. The number of hydrogen-bond donors (Lipinski definition) is 10. The summed E-state index contributed by atoms with van der Waals surface area (Å²) in [5, 5.41) is 79.5. The van der Waals surface area contributed by atoms with Crippen LogP contribution >= 0.6 is 0 Å². The lowest BCUT2D eigenvalue weighted by molar-refractivity contribution is -0.345. The van der Waals surface area contributed by atoms with Gasteiger partial charge in [0.1, 0.15) is 54.3 Å². The van der Waals surface area contributed by atoms with E-state index in [-0.39, 0.29) is 5.57 Å².